The van der Waals surface area contributed by atoms with E-state index in [9.17, 15) is 0 Å². The van der Waals surface area contributed by atoms with Crippen molar-refractivity contribution in [3.63, 3.8) is 0 Å². The minimum absolute atomic E-state index is 0.128. The average molecular weight is 384 g/mol. The van der Waals surface area contributed by atoms with E-state index in [-0.39, 0.29) is 15.0 Å². The number of hydrogen-bond acceptors (Lipinski definition) is 1. The molecular weight excluding hydrogens is 371 g/mol. The third kappa shape index (κ3) is 2.94. The maximum absolute atomic E-state index is 6.17. The van der Waals surface area contributed by atoms with Crippen molar-refractivity contribution in [2.75, 3.05) is 0 Å². The standard InChI is InChI=1S/C20H13ClOSe/c21-15-9-6-10-16(13-15)23-20-17-11-4-5-12-18(17)22-19(20)14-7-2-1-3-8-14/h1-13H. The van der Waals surface area contributed by atoms with Gasteiger partial charge in [-0.2, -0.15) is 0 Å². The second-order valence-corrected chi connectivity index (χ2v) is 7.89. The van der Waals surface area contributed by atoms with Crippen LogP contribution >= 0.6 is 11.6 Å². The Hall–Kier alpha value is -1.99. The van der Waals surface area contributed by atoms with Gasteiger partial charge in [0.25, 0.3) is 0 Å². The molecule has 0 unspecified atom stereocenters. The second-order valence-electron chi connectivity index (χ2n) is 5.18. The van der Waals surface area contributed by atoms with Crippen LogP contribution in [0.25, 0.3) is 22.3 Å². The van der Waals surface area contributed by atoms with Gasteiger partial charge in [0.1, 0.15) is 0 Å². The summed E-state index contributed by atoms with van der Waals surface area (Å²) in [6, 6.07) is 26.6. The van der Waals surface area contributed by atoms with Crippen LogP contribution in [0, 0.1) is 0 Å². The fourth-order valence-electron chi connectivity index (χ4n) is 2.55. The summed E-state index contributed by atoms with van der Waals surface area (Å²) >= 11 is 6.27. The Morgan fingerprint density at radius 1 is 0.783 bits per heavy atom. The van der Waals surface area contributed by atoms with E-state index in [2.05, 4.69) is 30.3 Å². The van der Waals surface area contributed by atoms with E-state index >= 15 is 0 Å². The van der Waals surface area contributed by atoms with Gasteiger partial charge in [-0.15, -0.1) is 0 Å². The Morgan fingerprint density at radius 2 is 1.57 bits per heavy atom. The third-order valence-electron chi connectivity index (χ3n) is 3.60. The molecule has 3 heteroatoms. The Bertz CT molecular complexity index is 960. The molecule has 3 aromatic carbocycles. The zero-order valence-corrected chi connectivity index (χ0v) is 14.7. The van der Waals surface area contributed by atoms with Crippen LogP contribution in [-0.2, 0) is 0 Å². The van der Waals surface area contributed by atoms with E-state index in [4.69, 9.17) is 16.0 Å². The van der Waals surface area contributed by atoms with Crippen LogP contribution < -0.4 is 8.92 Å². The van der Waals surface area contributed by atoms with E-state index in [1.165, 1.54) is 14.3 Å². The monoisotopic (exact) mass is 384 g/mol. The quantitative estimate of drug-likeness (QED) is 0.478. The molecule has 0 bridgehead atoms. The molecule has 0 spiro atoms. The normalized spacial score (nSPS) is 11.0. The van der Waals surface area contributed by atoms with E-state index in [1.54, 1.807) is 0 Å². The number of furan rings is 1. The molecule has 4 aromatic rings. The molecule has 112 valence electrons. The van der Waals surface area contributed by atoms with Crippen molar-refractivity contribution in [3.8, 4) is 11.3 Å². The van der Waals surface area contributed by atoms with Gasteiger partial charge >= 0.3 is 146 Å². The van der Waals surface area contributed by atoms with Crippen molar-refractivity contribution in [2.24, 2.45) is 0 Å². The molecule has 0 aliphatic rings. The number of halogens is 1. The van der Waals surface area contributed by atoms with Crippen LogP contribution in [-0.4, -0.2) is 15.0 Å². The summed E-state index contributed by atoms with van der Waals surface area (Å²) in [6.07, 6.45) is 0. The summed E-state index contributed by atoms with van der Waals surface area (Å²) in [5.41, 5.74) is 2.05. The van der Waals surface area contributed by atoms with Crippen LogP contribution in [0.4, 0.5) is 0 Å². The molecule has 0 fully saturated rings. The van der Waals surface area contributed by atoms with E-state index in [0.29, 0.717) is 0 Å². The molecule has 0 N–H and O–H groups in total. The first-order valence-corrected chi connectivity index (χ1v) is 9.41. The van der Waals surface area contributed by atoms with Gasteiger partial charge in [-0.25, -0.2) is 0 Å². The van der Waals surface area contributed by atoms with Crippen LogP contribution in [0.5, 0.6) is 0 Å². The topological polar surface area (TPSA) is 13.1 Å². The summed E-state index contributed by atoms with van der Waals surface area (Å²) in [6.45, 7) is 0. The number of rotatable bonds is 3. The average Bonchev–Trinajstić information content (AvgIpc) is 2.95. The van der Waals surface area contributed by atoms with Gasteiger partial charge in [0, 0.05) is 0 Å². The Morgan fingerprint density at radius 3 is 2.39 bits per heavy atom. The van der Waals surface area contributed by atoms with Gasteiger partial charge in [0.15, 0.2) is 0 Å². The molecule has 1 aromatic heterocycles. The molecule has 4 rings (SSSR count). The molecule has 0 saturated carbocycles. The number of benzene rings is 3. The SMILES string of the molecule is Clc1cccc([Se]c2c(-c3ccccc3)oc3ccccc23)c1. The fraction of sp³-hybridized carbons (Fsp3) is 0. The van der Waals surface area contributed by atoms with Gasteiger partial charge in [-0.3, -0.25) is 0 Å². The van der Waals surface area contributed by atoms with Crippen molar-refractivity contribution in [1.82, 2.24) is 0 Å². The summed E-state index contributed by atoms with van der Waals surface area (Å²) in [5.74, 6) is 0.965. The summed E-state index contributed by atoms with van der Waals surface area (Å²) < 4.78 is 8.68. The van der Waals surface area contributed by atoms with Crippen molar-refractivity contribution in [1.29, 1.82) is 0 Å². The van der Waals surface area contributed by atoms with Gasteiger partial charge < -0.3 is 0 Å². The Balaban J connectivity index is 1.89. The molecule has 0 amide bonds. The molecule has 1 heterocycles. The minimum atomic E-state index is 0.128. The van der Waals surface area contributed by atoms with Crippen molar-refractivity contribution in [3.05, 3.63) is 83.9 Å². The molecule has 0 aliphatic carbocycles. The zero-order chi connectivity index (χ0) is 15.6. The Kier molecular flexibility index (Phi) is 3.97. The van der Waals surface area contributed by atoms with E-state index in [1.807, 2.05) is 48.5 Å². The van der Waals surface area contributed by atoms with Gasteiger partial charge in [-0.1, -0.05) is 0 Å². The first-order chi connectivity index (χ1) is 11.3. The summed E-state index contributed by atoms with van der Waals surface area (Å²) in [7, 11) is 0. The first-order valence-electron chi connectivity index (χ1n) is 7.31. The predicted octanol–water partition coefficient (Wildman–Crippen LogP) is 4.41. The van der Waals surface area contributed by atoms with Crippen molar-refractivity contribution < 1.29 is 4.42 Å². The molecule has 0 radical (unpaired) electrons. The molecule has 23 heavy (non-hydrogen) atoms. The fourth-order valence-corrected chi connectivity index (χ4v) is 5.19. The zero-order valence-electron chi connectivity index (χ0n) is 12.2. The first kappa shape index (κ1) is 14.6. The van der Waals surface area contributed by atoms with Crippen LogP contribution in [0.15, 0.2) is 83.3 Å². The molecule has 0 saturated heterocycles. The summed E-state index contributed by atoms with van der Waals surface area (Å²) in [5, 5.41) is 1.96. The molecular formula is C20H13ClOSe. The van der Waals surface area contributed by atoms with E-state index in [0.717, 1.165) is 21.9 Å². The van der Waals surface area contributed by atoms with Crippen LogP contribution in [0.2, 0.25) is 5.02 Å². The van der Waals surface area contributed by atoms with Crippen LogP contribution in [0.3, 0.4) is 0 Å². The van der Waals surface area contributed by atoms with Gasteiger partial charge in [0.2, 0.25) is 0 Å². The molecule has 0 atom stereocenters. The second kappa shape index (κ2) is 6.25. The van der Waals surface area contributed by atoms with Crippen molar-refractivity contribution >= 4 is 46.5 Å². The molecule has 0 aliphatic heterocycles. The maximum atomic E-state index is 6.17. The number of para-hydroxylation sites is 1. The number of fused-ring (bicyclic) bond motifs is 1. The Labute approximate surface area is 146 Å². The summed E-state index contributed by atoms with van der Waals surface area (Å²) in [4.78, 5) is 0. The van der Waals surface area contributed by atoms with E-state index < -0.39 is 0 Å². The predicted molar refractivity (Wildman–Crippen MR) is 98.1 cm³/mol. The third-order valence-corrected chi connectivity index (χ3v) is 6.14. The number of hydrogen-bond donors (Lipinski definition) is 0. The van der Waals surface area contributed by atoms with Crippen LogP contribution in [0.1, 0.15) is 0 Å². The molecule has 1 nitrogen and oxygen atoms in total. The van der Waals surface area contributed by atoms with Gasteiger partial charge in [0.05, 0.1) is 0 Å². The van der Waals surface area contributed by atoms with Gasteiger partial charge in [-0.05, 0) is 0 Å². The van der Waals surface area contributed by atoms with Crippen molar-refractivity contribution in [2.45, 2.75) is 0 Å².